The maximum atomic E-state index is 5.63. The second-order valence-corrected chi connectivity index (χ2v) is 3.90. The first-order valence-electron chi connectivity index (χ1n) is 5.04. The third-order valence-electron chi connectivity index (χ3n) is 2.15. The van der Waals surface area contributed by atoms with Crippen molar-refractivity contribution in [1.82, 2.24) is 9.78 Å². The van der Waals surface area contributed by atoms with Crippen molar-refractivity contribution in [3.63, 3.8) is 0 Å². The molecule has 0 spiro atoms. The highest BCUT2D eigenvalue weighted by Crippen LogP contribution is 2.21. The van der Waals surface area contributed by atoms with Crippen molar-refractivity contribution in [2.24, 2.45) is 12.8 Å². The van der Waals surface area contributed by atoms with Gasteiger partial charge in [0.15, 0.2) is 0 Å². The van der Waals surface area contributed by atoms with Crippen molar-refractivity contribution < 1.29 is 4.74 Å². The SMILES string of the molecule is CCCCOc1c(C(N)=S)c(C)nn1C. The van der Waals surface area contributed by atoms with Crippen molar-refractivity contribution in [1.29, 1.82) is 0 Å². The number of nitrogens with two attached hydrogens (primary N) is 1. The first-order chi connectivity index (χ1) is 7.07. The molecule has 2 N–H and O–H groups in total. The Labute approximate surface area is 95.4 Å². The summed E-state index contributed by atoms with van der Waals surface area (Å²) in [5.41, 5.74) is 7.20. The van der Waals surface area contributed by atoms with Crippen molar-refractivity contribution in [2.75, 3.05) is 6.61 Å². The van der Waals surface area contributed by atoms with Crippen molar-refractivity contribution in [3.05, 3.63) is 11.3 Å². The van der Waals surface area contributed by atoms with Gasteiger partial charge in [-0.15, -0.1) is 0 Å². The fraction of sp³-hybridized carbons (Fsp3) is 0.600. The van der Waals surface area contributed by atoms with Crippen LogP contribution in [0.2, 0.25) is 0 Å². The van der Waals surface area contributed by atoms with Gasteiger partial charge in [-0.25, -0.2) is 4.68 Å². The van der Waals surface area contributed by atoms with E-state index >= 15 is 0 Å². The number of hydrogen-bond donors (Lipinski definition) is 1. The molecule has 0 atom stereocenters. The Morgan fingerprint density at radius 2 is 2.27 bits per heavy atom. The molecule has 0 saturated carbocycles. The first kappa shape index (κ1) is 12.0. The number of thiocarbonyl (C=S) groups is 1. The third-order valence-corrected chi connectivity index (χ3v) is 2.36. The molecule has 84 valence electrons. The summed E-state index contributed by atoms with van der Waals surface area (Å²) in [4.78, 5) is 0.340. The molecule has 0 saturated heterocycles. The molecule has 0 aliphatic rings. The van der Waals surface area contributed by atoms with Gasteiger partial charge in [-0.1, -0.05) is 25.6 Å². The molecule has 0 bridgehead atoms. The Bertz CT molecular complexity index is 360. The van der Waals surface area contributed by atoms with Gasteiger partial charge in [-0.2, -0.15) is 5.10 Å². The lowest BCUT2D eigenvalue weighted by Crippen LogP contribution is -2.13. The number of aryl methyl sites for hydroxylation is 2. The predicted octanol–water partition coefficient (Wildman–Crippen LogP) is 1.54. The van der Waals surface area contributed by atoms with Gasteiger partial charge in [0, 0.05) is 7.05 Å². The molecule has 0 unspecified atom stereocenters. The van der Waals surface area contributed by atoms with Gasteiger partial charge < -0.3 is 10.5 Å². The van der Waals surface area contributed by atoms with Gasteiger partial charge in [0.1, 0.15) is 4.99 Å². The molecule has 0 amide bonds. The van der Waals surface area contributed by atoms with E-state index in [2.05, 4.69) is 12.0 Å². The lowest BCUT2D eigenvalue weighted by Gasteiger charge is -2.07. The average Bonchev–Trinajstić information content (AvgIpc) is 2.42. The van der Waals surface area contributed by atoms with E-state index in [0.717, 1.165) is 24.1 Å². The summed E-state index contributed by atoms with van der Waals surface area (Å²) < 4.78 is 7.30. The lowest BCUT2D eigenvalue weighted by molar-refractivity contribution is 0.283. The monoisotopic (exact) mass is 227 g/mol. The molecule has 15 heavy (non-hydrogen) atoms. The van der Waals surface area contributed by atoms with Gasteiger partial charge in [0.05, 0.1) is 17.9 Å². The van der Waals surface area contributed by atoms with Crippen LogP contribution in [-0.2, 0) is 7.05 Å². The minimum absolute atomic E-state index is 0.340. The molecule has 1 heterocycles. The zero-order valence-corrected chi connectivity index (χ0v) is 10.2. The van der Waals surface area contributed by atoms with Crippen LogP contribution in [0.1, 0.15) is 31.0 Å². The lowest BCUT2D eigenvalue weighted by atomic mass is 10.2. The molecule has 4 nitrogen and oxygen atoms in total. The molecule has 1 aromatic rings. The summed E-state index contributed by atoms with van der Waals surface area (Å²) in [6, 6.07) is 0. The van der Waals surface area contributed by atoms with Crippen LogP contribution in [0.25, 0.3) is 0 Å². The first-order valence-corrected chi connectivity index (χ1v) is 5.45. The summed E-state index contributed by atoms with van der Waals surface area (Å²) in [5.74, 6) is 0.674. The van der Waals surface area contributed by atoms with Gasteiger partial charge >= 0.3 is 0 Å². The van der Waals surface area contributed by atoms with E-state index in [4.69, 9.17) is 22.7 Å². The number of aromatic nitrogens is 2. The largest absolute Gasteiger partial charge is 0.477 e. The maximum Gasteiger partial charge on any atom is 0.222 e. The molecule has 0 radical (unpaired) electrons. The van der Waals surface area contributed by atoms with Crippen LogP contribution >= 0.6 is 12.2 Å². The Morgan fingerprint density at radius 1 is 1.60 bits per heavy atom. The zero-order valence-electron chi connectivity index (χ0n) is 9.41. The fourth-order valence-electron chi connectivity index (χ4n) is 1.40. The van der Waals surface area contributed by atoms with Crippen LogP contribution in [-0.4, -0.2) is 21.4 Å². The van der Waals surface area contributed by atoms with Gasteiger partial charge in [0.25, 0.3) is 0 Å². The Kier molecular flexibility index (Phi) is 4.08. The maximum absolute atomic E-state index is 5.63. The van der Waals surface area contributed by atoms with Gasteiger partial charge in [-0.3, -0.25) is 0 Å². The number of rotatable bonds is 5. The molecular weight excluding hydrogens is 210 g/mol. The van der Waals surface area contributed by atoms with E-state index in [0.29, 0.717) is 17.5 Å². The summed E-state index contributed by atoms with van der Waals surface area (Å²) >= 11 is 4.97. The van der Waals surface area contributed by atoms with E-state index in [9.17, 15) is 0 Å². The van der Waals surface area contributed by atoms with E-state index < -0.39 is 0 Å². The van der Waals surface area contributed by atoms with Crippen LogP contribution in [0, 0.1) is 6.92 Å². The number of hydrogen-bond acceptors (Lipinski definition) is 3. The molecule has 1 aromatic heterocycles. The molecular formula is C10H17N3OS. The minimum Gasteiger partial charge on any atom is -0.477 e. The fourth-order valence-corrected chi connectivity index (χ4v) is 1.63. The van der Waals surface area contributed by atoms with E-state index in [-0.39, 0.29) is 0 Å². The van der Waals surface area contributed by atoms with Crippen molar-refractivity contribution in [3.8, 4) is 5.88 Å². The summed E-state index contributed by atoms with van der Waals surface area (Å²) in [6.45, 7) is 4.67. The summed E-state index contributed by atoms with van der Waals surface area (Å²) in [6.07, 6.45) is 2.11. The summed E-state index contributed by atoms with van der Waals surface area (Å²) in [7, 11) is 1.83. The highest BCUT2D eigenvalue weighted by atomic mass is 32.1. The Balaban J connectivity index is 2.89. The third kappa shape index (κ3) is 2.68. The van der Waals surface area contributed by atoms with Gasteiger partial charge in [0.2, 0.25) is 5.88 Å². The van der Waals surface area contributed by atoms with Crippen molar-refractivity contribution in [2.45, 2.75) is 26.7 Å². The smallest absolute Gasteiger partial charge is 0.222 e. The highest BCUT2D eigenvalue weighted by Gasteiger charge is 2.16. The quantitative estimate of drug-likeness (QED) is 0.612. The predicted molar refractivity (Wildman–Crippen MR) is 64.2 cm³/mol. The number of ether oxygens (including phenoxy) is 1. The number of unbranched alkanes of at least 4 members (excludes halogenated alkanes) is 1. The molecule has 0 fully saturated rings. The Hall–Kier alpha value is -1.10. The van der Waals surface area contributed by atoms with E-state index in [1.54, 1.807) is 4.68 Å². The zero-order chi connectivity index (χ0) is 11.4. The van der Waals surface area contributed by atoms with Gasteiger partial charge in [-0.05, 0) is 13.3 Å². The summed E-state index contributed by atoms with van der Waals surface area (Å²) in [5, 5.41) is 4.24. The standard InChI is InChI=1S/C10H17N3OS/c1-4-5-6-14-10-8(9(11)15)7(2)12-13(10)3/h4-6H2,1-3H3,(H2,11,15). The molecule has 0 aromatic carbocycles. The molecule has 1 rings (SSSR count). The normalized spacial score (nSPS) is 10.3. The van der Waals surface area contributed by atoms with Crippen molar-refractivity contribution >= 4 is 17.2 Å². The van der Waals surface area contributed by atoms with Crippen LogP contribution in [0.4, 0.5) is 0 Å². The molecule has 0 aliphatic carbocycles. The topological polar surface area (TPSA) is 53.1 Å². The second-order valence-electron chi connectivity index (χ2n) is 3.46. The van der Waals surface area contributed by atoms with E-state index in [1.807, 2.05) is 14.0 Å². The minimum atomic E-state index is 0.340. The van der Waals surface area contributed by atoms with Crippen LogP contribution in [0.5, 0.6) is 5.88 Å². The molecule has 5 heteroatoms. The highest BCUT2D eigenvalue weighted by molar-refractivity contribution is 7.80. The Morgan fingerprint density at radius 3 is 2.80 bits per heavy atom. The van der Waals surface area contributed by atoms with E-state index in [1.165, 1.54) is 0 Å². The second kappa shape index (κ2) is 5.11. The van der Waals surface area contributed by atoms with Crippen LogP contribution in [0.15, 0.2) is 0 Å². The average molecular weight is 227 g/mol. The van der Waals surface area contributed by atoms with Crippen LogP contribution in [0.3, 0.4) is 0 Å². The molecule has 0 aliphatic heterocycles. The van der Waals surface area contributed by atoms with Crippen LogP contribution < -0.4 is 10.5 Å². The number of nitrogens with zero attached hydrogens (tertiary/aromatic N) is 2.